The van der Waals surface area contributed by atoms with Crippen LogP contribution in [-0.2, 0) is 28.3 Å². The second-order valence-corrected chi connectivity index (χ2v) is 11.9. The molecule has 0 radical (unpaired) electrons. The van der Waals surface area contributed by atoms with Gasteiger partial charge >= 0.3 is 18.4 Å². The van der Waals surface area contributed by atoms with Crippen molar-refractivity contribution in [3.63, 3.8) is 0 Å². The van der Waals surface area contributed by atoms with Crippen molar-refractivity contribution in [1.82, 2.24) is 9.80 Å². The molecule has 0 saturated carbocycles. The third-order valence-electron chi connectivity index (χ3n) is 7.06. The third-order valence-corrected chi connectivity index (χ3v) is 7.06. The van der Waals surface area contributed by atoms with Crippen molar-refractivity contribution in [3.8, 4) is 0 Å². The summed E-state index contributed by atoms with van der Waals surface area (Å²) in [4.78, 5) is 29.6. The first-order chi connectivity index (χ1) is 19.2. The number of alkyl halides is 6. The number of benzene rings is 2. The Balaban J connectivity index is 2.01. The maximum absolute atomic E-state index is 14.0. The molecule has 2 amide bonds. The molecule has 0 bridgehead atoms. The highest BCUT2D eigenvalue weighted by atomic mass is 19.4. The van der Waals surface area contributed by atoms with Gasteiger partial charge in [-0.3, -0.25) is 4.79 Å². The van der Waals surface area contributed by atoms with Crippen LogP contribution in [0, 0.1) is 12.7 Å². The van der Waals surface area contributed by atoms with Crippen molar-refractivity contribution in [2.24, 2.45) is 0 Å². The summed E-state index contributed by atoms with van der Waals surface area (Å²) in [5, 5.41) is 0. The molecule has 1 saturated heterocycles. The van der Waals surface area contributed by atoms with Crippen LogP contribution >= 0.6 is 0 Å². The summed E-state index contributed by atoms with van der Waals surface area (Å²) < 4.78 is 100. The first-order valence-corrected chi connectivity index (χ1v) is 13.5. The molecule has 5 nitrogen and oxygen atoms in total. The molecule has 42 heavy (non-hydrogen) atoms. The molecular formula is C30H35F7N2O3. The monoisotopic (exact) mass is 604 g/mol. The number of hydrogen-bond donors (Lipinski definition) is 0. The van der Waals surface area contributed by atoms with E-state index < -0.39 is 76.9 Å². The largest absolute Gasteiger partial charge is 0.444 e. The van der Waals surface area contributed by atoms with E-state index >= 15 is 0 Å². The van der Waals surface area contributed by atoms with E-state index in [1.807, 2.05) is 0 Å². The highest BCUT2D eigenvalue weighted by Crippen LogP contribution is 2.38. The minimum atomic E-state index is -5.05. The Morgan fingerprint density at radius 2 is 1.55 bits per heavy atom. The van der Waals surface area contributed by atoms with Crippen LogP contribution in [0.3, 0.4) is 0 Å². The van der Waals surface area contributed by atoms with Gasteiger partial charge in [0.05, 0.1) is 17.5 Å². The number of carbonyl (C=O) groups is 2. The topological polar surface area (TPSA) is 49.9 Å². The van der Waals surface area contributed by atoms with E-state index in [1.54, 1.807) is 47.6 Å². The summed E-state index contributed by atoms with van der Waals surface area (Å²) in [6.45, 7) is 10.5. The summed E-state index contributed by atoms with van der Waals surface area (Å²) in [7, 11) is 0. The van der Waals surface area contributed by atoms with Gasteiger partial charge in [-0.25, -0.2) is 9.18 Å². The van der Waals surface area contributed by atoms with Crippen LogP contribution in [0.4, 0.5) is 35.5 Å². The number of hydrogen-bond acceptors (Lipinski definition) is 3. The lowest BCUT2D eigenvalue weighted by Crippen LogP contribution is -2.56. The van der Waals surface area contributed by atoms with E-state index in [9.17, 15) is 40.3 Å². The molecule has 0 N–H and O–H groups in total. The van der Waals surface area contributed by atoms with Crippen LogP contribution < -0.4 is 0 Å². The average molecular weight is 605 g/mol. The first-order valence-electron chi connectivity index (χ1n) is 13.5. The van der Waals surface area contributed by atoms with E-state index in [0.717, 1.165) is 0 Å². The van der Waals surface area contributed by atoms with Gasteiger partial charge < -0.3 is 14.5 Å². The minimum absolute atomic E-state index is 0.0217. The van der Waals surface area contributed by atoms with Crippen molar-refractivity contribution in [2.45, 2.75) is 90.3 Å². The summed E-state index contributed by atoms with van der Waals surface area (Å²) >= 11 is 0. The van der Waals surface area contributed by atoms with E-state index in [4.69, 9.17) is 4.74 Å². The predicted octanol–water partition coefficient (Wildman–Crippen LogP) is 7.74. The van der Waals surface area contributed by atoms with Gasteiger partial charge in [0, 0.05) is 31.1 Å². The molecule has 3 rings (SSSR count). The zero-order valence-corrected chi connectivity index (χ0v) is 24.3. The minimum Gasteiger partial charge on any atom is -0.444 e. The molecule has 1 aliphatic heterocycles. The Morgan fingerprint density at radius 1 is 0.976 bits per heavy atom. The number of nitrogens with zero attached hydrogens (tertiary/aromatic N) is 2. The lowest BCUT2D eigenvalue weighted by Gasteiger charge is -2.46. The molecule has 1 aliphatic rings. The molecule has 0 unspecified atom stereocenters. The van der Waals surface area contributed by atoms with Crippen molar-refractivity contribution in [2.75, 3.05) is 13.1 Å². The molecule has 1 fully saturated rings. The molecule has 232 valence electrons. The van der Waals surface area contributed by atoms with E-state index in [2.05, 4.69) is 0 Å². The molecule has 12 heteroatoms. The third kappa shape index (κ3) is 8.16. The lowest BCUT2D eigenvalue weighted by molar-refractivity contribution is -0.144. The van der Waals surface area contributed by atoms with Crippen molar-refractivity contribution in [1.29, 1.82) is 0 Å². The number of piperidine rings is 1. The summed E-state index contributed by atoms with van der Waals surface area (Å²) in [6, 6.07) is 4.19. The van der Waals surface area contributed by atoms with Crippen LogP contribution in [0.2, 0.25) is 0 Å². The fraction of sp³-hybridized carbons (Fsp3) is 0.533. The fourth-order valence-electron chi connectivity index (χ4n) is 5.37. The average Bonchev–Trinajstić information content (AvgIpc) is 2.82. The van der Waals surface area contributed by atoms with Crippen molar-refractivity contribution < 1.29 is 45.1 Å². The van der Waals surface area contributed by atoms with Crippen molar-refractivity contribution >= 4 is 12.0 Å². The normalized spacial score (nSPS) is 18.3. The maximum atomic E-state index is 14.0. The zero-order chi connectivity index (χ0) is 31.8. The predicted molar refractivity (Wildman–Crippen MR) is 142 cm³/mol. The number of aryl methyl sites for hydroxylation is 1. The Morgan fingerprint density at radius 3 is 2.02 bits per heavy atom. The number of amides is 2. The fourth-order valence-corrected chi connectivity index (χ4v) is 5.37. The summed E-state index contributed by atoms with van der Waals surface area (Å²) in [5.74, 6) is -1.68. The molecule has 2 aromatic carbocycles. The van der Waals surface area contributed by atoms with Gasteiger partial charge in [0.1, 0.15) is 11.4 Å². The number of halogens is 7. The van der Waals surface area contributed by atoms with Gasteiger partial charge in [-0.1, -0.05) is 6.07 Å². The maximum Gasteiger partial charge on any atom is 0.416 e. The molecule has 0 spiro atoms. The van der Waals surface area contributed by atoms with Crippen LogP contribution in [-0.4, -0.2) is 52.6 Å². The summed E-state index contributed by atoms with van der Waals surface area (Å²) in [6.07, 6.45) is -11.1. The highest BCUT2D eigenvalue weighted by molar-refractivity contribution is 5.80. The van der Waals surface area contributed by atoms with Gasteiger partial charge in [-0.2, -0.15) is 26.3 Å². The molecular weight excluding hydrogens is 569 g/mol. The number of ether oxygens (including phenoxy) is 1. The highest BCUT2D eigenvalue weighted by Gasteiger charge is 2.41. The number of rotatable bonds is 5. The number of likely N-dealkylation sites (tertiary alicyclic amines) is 1. The molecule has 2 aromatic rings. The Bertz CT molecular complexity index is 1270. The van der Waals surface area contributed by atoms with Crippen LogP contribution in [0.1, 0.15) is 74.8 Å². The molecule has 1 heterocycles. The van der Waals surface area contributed by atoms with Gasteiger partial charge in [0.15, 0.2) is 0 Å². The second-order valence-electron chi connectivity index (χ2n) is 11.9. The Hall–Kier alpha value is -3.31. The summed E-state index contributed by atoms with van der Waals surface area (Å²) in [5.41, 5.74) is -2.96. The van der Waals surface area contributed by atoms with E-state index in [-0.39, 0.29) is 25.6 Å². The van der Waals surface area contributed by atoms with Crippen LogP contribution in [0.15, 0.2) is 36.4 Å². The molecule has 0 aliphatic carbocycles. The van der Waals surface area contributed by atoms with Gasteiger partial charge in [0.25, 0.3) is 0 Å². The van der Waals surface area contributed by atoms with E-state index in [0.29, 0.717) is 23.3 Å². The smallest absolute Gasteiger partial charge is 0.416 e. The van der Waals surface area contributed by atoms with Crippen LogP contribution in [0.5, 0.6) is 0 Å². The zero-order valence-electron chi connectivity index (χ0n) is 24.3. The number of carbonyl (C=O) groups excluding carboxylic acids is 2. The Kier molecular flexibility index (Phi) is 9.58. The van der Waals surface area contributed by atoms with Crippen molar-refractivity contribution in [3.05, 3.63) is 70.0 Å². The first kappa shape index (κ1) is 33.2. The standard InChI is InChI=1S/C30H35F7N2O3/c1-17(2)39(26(40)14-19-12-20(29(32,33)34)15-21(13-19)30(35,36)37)25-9-10-38(27(41)42-28(4,5)6)16-24(25)23-8-7-22(31)11-18(23)3/h7-8,11-13,15,17,24-25H,9-10,14,16H2,1-6H3/t24-,25+/m0/s1. The van der Waals surface area contributed by atoms with Gasteiger partial charge in [0.2, 0.25) is 5.91 Å². The quantitative estimate of drug-likeness (QED) is 0.328. The Labute approximate surface area is 240 Å². The molecule has 2 atom stereocenters. The van der Waals surface area contributed by atoms with Gasteiger partial charge in [-0.05, 0) is 95.0 Å². The van der Waals surface area contributed by atoms with Crippen LogP contribution in [0.25, 0.3) is 0 Å². The lowest BCUT2D eigenvalue weighted by atomic mass is 9.82. The SMILES string of the molecule is Cc1cc(F)ccc1[C@@H]1CN(C(=O)OC(C)(C)C)CC[C@H]1N(C(=O)Cc1cc(C(F)(F)F)cc(C(F)(F)F)c1)C(C)C. The van der Waals surface area contributed by atoms with E-state index in [1.165, 1.54) is 21.9 Å². The molecule has 0 aromatic heterocycles. The van der Waals surface area contributed by atoms with Gasteiger partial charge in [-0.15, -0.1) is 0 Å². The second kappa shape index (κ2) is 12.1.